The summed E-state index contributed by atoms with van der Waals surface area (Å²) in [7, 11) is 0. The lowest BCUT2D eigenvalue weighted by Crippen LogP contribution is -1.94. The molecule has 0 aliphatic heterocycles. The molecule has 0 amide bonds. The van der Waals surface area contributed by atoms with Crippen LogP contribution in [0.3, 0.4) is 0 Å². The molecule has 0 fully saturated rings. The van der Waals surface area contributed by atoms with Crippen molar-refractivity contribution in [1.29, 1.82) is 0 Å². The third-order valence-electron chi connectivity index (χ3n) is 2.37. The first-order chi connectivity index (χ1) is 8.58. The van der Waals surface area contributed by atoms with Gasteiger partial charge in [-0.1, -0.05) is 29.3 Å². The number of halogens is 2. The van der Waals surface area contributed by atoms with Gasteiger partial charge in [-0.3, -0.25) is 0 Å². The Morgan fingerprint density at radius 1 is 1.22 bits per heavy atom. The lowest BCUT2D eigenvalue weighted by Gasteiger charge is -2.08. The molecule has 1 unspecified atom stereocenters. The number of pyridine rings is 1. The lowest BCUT2D eigenvalue weighted by atomic mass is 10.2. The van der Waals surface area contributed by atoms with Crippen LogP contribution in [0.4, 0.5) is 0 Å². The third kappa shape index (κ3) is 2.93. The van der Waals surface area contributed by atoms with E-state index >= 15 is 0 Å². The van der Waals surface area contributed by atoms with Gasteiger partial charge in [-0.25, -0.2) is 4.98 Å². The summed E-state index contributed by atoms with van der Waals surface area (Å²) in [5.41, 5.74) is 0.722. The summed E-state index contributed by atoms with van der Waals surface area (Å²) in [4.78, 5) is 4.08. The van der Waals surface area contributed by atoms with Crippen LogP contribution in [-0.4, -0.2) is 10.1 Å². The quantitative estimate of drug-likeness (QED) is 0.916. The summed E-state index contributed by atoms with van der Waals surface area (Å²) < 4.78 is 5.52. The van der Waals surface area contributed by atoms with Crippen LogP contribution in [-0.2, 0) is 0 Å². The molecule has 1 aromatic heterocycles. The van der Waals surface area contributed by atoms with E-state index < -0.39 is 6.10 Å². The van der Waals surface area contributed by atoms with Crippen LogP contribution in [0.25, 0.3) is 0 Å². The molecule has 0 saturated carbocycles. The summed E-state index contributed by atoms with van der Waals surface area (Å²) in [5.74, 6) is 0.838. The van der Waals surface area contributed by atoms with Gasteiger partial charge >= 0.3 is 0 Å². The number of aromatic nitrogens is 1. The third-order valence-corrected chi connectivity index (χ3v) is 3.17. The van der Waals surface area contributed by atoms with Crippen LogP contribution in [0.5, 0.6) is 11.6 Å². The van der Waals surface area contributed by atoms with Crippen LogP contribution in [0.15, 0.2) is 36.5 Å². The number of ether oxygens (including phenoxy) is 1. The average Bonchev–Trinajstić information content (AvgIpc) is 2.36. The first-order valence-corrected chi connectivity index (χ1v) is 6.09. The molecule has 0 radical (unpaired) electrons. The van der Waals surface area contributed by atoms with Crippen LogP contribution in [0, 0.1) is 0 Å². The van der Waals surface area contributed by atoms with E-state index in [0.717, 1.165) is 5.56 Å². The smallest absolute Gasteiger partial charge is 0.219 e. The van der Waals surface area contributed by atoms with Gasteiger partial charge in [0.25, 0.3) is 0 Å². The molecule has 94 valence electrons. The fraction of sp³-hybridized carbons (Fsp3) is 0.154. The molecule has 0 aliphatic rings. The van der Waals surface area contributed by atoms with Crippen LogP contribution >= 0.6 is 23.2 Å². The predicted octanol–water partition coefficient (Wildman–Crippen LogP) is 4.23. The summed E-state index contributed by atoms with van der Waals surface area (Å²) >= 11 is 11.9. The van der Waals surface area contributed by atoms with Crippen molar-refractivity contribution in [2.24, 2.45) is 0 Å². The van der Waals surface area contributed by atoms with Gasteiger partial charge in [-0.15, -0.1) is 0 Å². The number of aliphatic hydroxyl groups excluding tert-OH is 1. The molecule has 5 heteroatoms. The van der Waals surface area contributed by atoms with Crippen LogP contribution < -0.4 is 4.74 Å². The van der Waals surface area contributed by atoms with E-state index in [-0.39, 0.29) is 0 Å². The first-order valence-electron chi connectivity index (χ1n) is 5.34. The molecule has 18 heavy (non-hydrogen) atoms. The van der Waals surface area contributed by atoms with E-state index in [1.807, 2.05) is 0 Å². The Kier molecular flexibility index (Phi) is 4.07. The largest absolute Gasteiger partial charge is 0.437 e. The van der Waals surface area contributed by atoms with Crippen molar-refractivity contribution in [3.63, 3.8) is 0 Å². The summed E-state index contributed by atoms with van der Waals surface area (Å²) in [6, 6.07) is 8.54. The maximum atomic E-state index is 9.37. The first kappa shape index (κ1) is 13.1. The molecule has 0 saturated heterocycles. The minimum absolute atomic E-state index is 0.348. The monoisotopic (exact) mass is 283 g/mol. The van der Waals surface area contributed by atoms with Crippen molar-refractivity contribution in [3.8, 4) is 11.6 Å². The summed E-state index contributed by atoms with van der Waals surface area (Å²) in [6.07, 6.45) is 1.000. The van der Waals surface area contributed by atoms with Gasteiger partial charge in [0.2, 0.25) is 5.88 Å². The minimum atomic E-state index is -0.554. The van der Waals surface area contributed by atoms with E-state index in [1.54, 1.807) is 43.5 Å². The molecular formula is C13H11Cl2NO2. The number of aliphatic hydroxyl groups is 1. The van der Waals surface area contributed by atoms with Crippen molar-refractivity contribution in [1.82, 2.24) is 4.98 Å². The van der Waals surface area contributed by atoms with Crippen LogP contribution in [0.2, 0.25) is 10.0 Å². The van der Waals surface area contributed by atoms with Crippen molar-refractivity contribution in [2.75, 3.05) is 0 Å². The van der Waals surface area contributed by atoms with E-state index in [1.165, 1.54) is 0 Å². The minimum Gasteiger partial charge on any atom is -0.437 e. The molecule has 1 heterocycles. The Morgan fingerprint density at radius 2 is 2.00 bits per heavy atom. The lowest BCUT2D eigenvalue weighted by molar-refractivity contribution is 0.198. The standard InChI is InChI=1S/C13H11Cl2NO2/c1-8(17)9-5-6-12(16-7-9)18-11-4-2-3-10(14)13(11)15/h2-8,17H,1H3. The molecule has 1 aromatic carbocycles. The SMILES string of the molecule is CC(O)c1ccc(Oc2cccc(Cl)c2Cl)nc1. The van der Waals surface area contributed by atoms with E-state index in [9.17, 15) is 5.11 Å². The maximum absolute atomic E-state index is 9.37. The number of benzene rings is 1. The predicted molar refractivity (Wildman–Crippen MR) is 71.4 cm³/mol. The molecule has 2 rings (SSSR count). The number of nitrogens with zero attached hydrogens (tertiary/aromatic N) is 1. The average molecular weight is 284 g/mol. The van der Waals surface area contributed by atoms with Gasteiger partial charge in [0.1, 0.15) is 10.8 Å². The zero-order chi connectivity index (χ0) is 13.1. The fourth-order valence-electron chi connectivity index (χ4n) is 1.37. The van der Waals surface area contributed by atoms with E-state index in [0.29, 0.717) is 21.7 Å². The van der Waals surface area contributed by atoms with Crippen molar-refractivity contribution in [2.45, 2.75) is 13.0 Å². The Labute approximate surface area is 115 Å². The Morgan fingerprint density at radius 3 is 2.61 bits per heavy atom. The normalized spacial score (nSPS) is 12.2. The van der Waals surface area contributed by atoms with Gasteiger partial charge in [0, 0.05) is 12.3 Å². The second-order valence-corrected chi connectivity index (χ2v) is 4.54. The second-order valence-electron chi connectivity index (χ2n) is 3.76. The molecule has 0 aliphatic carbocycles. The van der Waals surface area contributed by atoms with E-state index in [4.69, 9.17) is 27.9 Å². The zero-order valence-electron chi connectivity index (χ0n) is 9.60. The number of hydrogen-bond acceptors (Lipinski definition) is 3. The highest BCUT2D eigenvalue weighted by molar-refractivity contribution is 6.42. The topological polar surface area (TPSA) is 42.4 Å². The molecule has 0 spiro atoms. The Balaban J connectivity index is 2.21. The highest BCUT2D eigenvalue weighted by atomic mass is 35.5. The van der Waals surface area contributed by atoms with Gasteiger partial charge in [0.05, 0.1) is 11.1 Å². The van der Waals surface area contributed by atoms with E-state index in [2.05, 4.69) is 4.98 Å². The van der Waals surface area contributed by atoms with Gasteiger partial charge in [0.15, 0.2) is 0 Å². The van der Waals surface area contributed by atoms with Gasteiger partial charge < -0.3 is 9.84 Å². The van der Waals surface area contributed by atoms with Gasteiger partial charge in [-0.2, -0.15) is 0 Å². The fourth-order valence-corrected chi connectivity index (χ4v) is 1.71. The zero-order valence-corrected chi connectivity index (χ0v) is 11.1. The van der Waals surface area contributed by atoms with Crippen molar-refractivity contribution in [3.05, 3.63) is 52.1 Å². The van der Waals surface area contributed by atoms with Crippen molar-refractivity contribution < 1.29 is 9.84 Å². The molecule has 1 N–H and O–H groups in total. The second kappa shape index (κ2) is 5.57. The van der Waals surface area contributed by atoms with Gasteiger partial charge in [-0.05, 0) is 30.7 Å². The molecule has 2 aromatic rings. The molecule has 0 bridgehead atoms. The summed E-state index contributed by atoms with van der Waals surface area (Å²) in [5, 5.41) is 10.1. The molecular weight excluding hydrogens is 273 g/mol. The van der Waals surface area contributed by atoms with Crippen molar-refractivity contribution >= 4 is 23.2 Å². The number of hydrogen-bond donors (Lipinski definition) is 1. The highest BCUT2D eigenvalue weighted by Crippen LogP contribution is 2.34. The summed E-state index contributed by atoms with van der Waals surface area (Å²) in [6.45, 7) is 1.67. The maximum Gasteiger partial charge on any atom is 0.219 e. The Hall–Kier alpha value is -1.29. The Bertz CT molecular complexity index is 541. The number of rotatable bonds is 3. The molecule has 1 atom stereocenters. The molecule has 3 nitrogen and oxygen atoms in total. The highest BCUT2D eigenvalue weighted by Gasteiger charge is 2.08. The van der Waals surface area contributed by atoms with Crippen LogP contribution in [0.1, 0.15) is 18.6 Å².